The minimum atomic E-state index is 0.681. The van der Waals surface area contributed by atoms with Crippen LogP contribution < -0.4 is 5.73 Å². The highest BCUT2D eigenvalue weighted by Crippen LogP contribution is 2.14. The van der Waals surface area contributed by atoms with Gasteiger partial charge in [0.15, 0.2) is 0 Å². The van der Waals surface area contributed by atoms with E-state index in [0.717, 1.165) is 12.5 Å². The molecule has 0 aliphatic carbocycles. The summed E-state index contributed by atoms with van der Waals surface area (Å²) in [6, 6.07) is 0.693. The van der Waals surface area contributed by atoms with Crippen LogP contribution in [-0.2, 0) is 0 Å². The third-order valence-electron chi connectivity index (χ3n) is 3.79. The number of nitrogens with two attached hydrogens (primary N) is 1. The first-order valence-electron chi connectivity index (χ1n) is 7.19. The van der Waals surface area contributed by atoms with Crippen molar-refractivity contribution in [3.05, 3.63) is 0 Å². The molecule has 1 fully saturated rings. The molecule has 0 saturated carbocycles. The SMILES string of the molecule is CC(C)CC(CN)CN1CCN(C(C)C)CC1. The fraction of sp³-hybridized carbons (Fsp3) is 1.00. The highest BCUT2D eigenvalue weighted by Gasteiger charge is 2.21. The van der Waals surface area contributed by atoms with Gasteiger partial charge in [-0.2, -0.15) is 0 Å². The molecule has 1 heterocycles. The van der Waals surface area contributed by atoms with Gasteiger partial charge in [-0.15, -0.1) is 0 Å². The van der Waals surface area contributed by atoms with Crippen LogP contribution in [0.5, 0.6) is 0 Å². The van der Waals surface area contributed by atoms with Crippen LogP contribution in [0, 0.1) is 11.8 Å². The maximum atomic E-state index is 5.88. The Hall–Kier alpha value is -0.120. The Morgan fingerprint density at radius 2 is 1.59 bits per heavy atom. The molecule has 0 bridgehead atoms. The Bertz CT molecular complexity index is 196. The van der Waals surface area contributed by atoms with Crippen molar-refractivity contribution in [1.82, 2.24) is 9.80 Å². The summed E-state index contributed by atoms with van der Waals surface area (Å²) < 4.78 is 0. The number of hydrogen-bond donors (Lipinski definition) is 1. The molecular weight excluding hydrogens is 210 g/mol. The third-order valence-corrected chi connectivity index (χ3v) is 3.79. The fourth-order valence-electron chi connectivity index (χ4n) is 2.74. The summed E-state index contributed by atoms with van der Waals surface area (Å²) in [5, 5.41) is 0. The van der Waals surface area contributed by atoms with Crippen molar-refractivity contribution in [3.8, 4) is 0 Å². The largest absolute Gasteiger partial charge is 0.330 e. The molecule has 0 radical (unpaired) electrons. The molecule has 0 aromatic carbocycles. The van der Waals surface area contributed by atoms with E-state index in [1.54, 1.807) is 0 Å². The predicted octanol–water partition coefficient (Wildman–Crippen LogP) is 1.63. The van der Waals surface area contributed by atoms with Gasteiger partial charge in [-0.3, -0.25) is 4.90 Å². The summed E-state index contributed by atoms with van der Waals surface area (Å²) in [7, 11) is 0. The van der Waals surface area contributed by atoms with E-state index in [4.69, 9.17) is 5.73 Å². The van der Waals surface area contributed by atoms with E-state index >= 15 is 0 Å². The Labute approximate surface area is 107 Å². The lowest BCUT2D eigenvalue weighted by Crippen LogP contribution is -2.50. The van der Waals surface area contributed by atoms with Crippen LogP contribution in [-0.4, -0.2) is 55.1 Å². The number of rotatable bonds is 6. The van der Waals surface area contributed by atoms with Crippen LogP contribution in [0.3, 0.4) is 0 Å². The molecule has 2 N–H and O–H groups in total. The first-order valence-corrected chi connectivity index (χ1v) is 7.19. The van der Waals surface area contributed by atoms with Gasteiger partial charge in [0.1, 0.15) is 0 Å². The zero-order valence-corrected chi connectivity index (χ0v) is 12.2. The quantitative estimate of drug-likeness (QED) is 0.767. The first kappa shape index (κ1) is 14.9. The van der Waals surface area contributed by atoms with Crippen molar-refractivity contribution in [1.29, 1.82) is 0 Å². The third kappa shape index (κ3) is 5.36. The fourth-order valence-corrected chi connectivity index (χ4v) is 2.74. The standard InChI is InChI=1S/C14H31N3/c1-12(2)9-14(10-15)11-16-5-7-17(8-6-16)13(3)4/h12-14H,5-11,15H2,1-4H3. The molecule has 3 nitrogen and oxygen atoms in total. The average molecular weight is 241 g/mol. The van der Waals surface area contributed by atoms with Gasteiger partial charge in [0.25, 0.3) is 0 Å². The topological polar surface area (TPSA) is 32.5 Å². The Morgan fingerprint density at radius 1 is 1.00 bits per heavy atom. The lowest BCUT2D eigenvalue weighted by Gasteiger charge is -2.38. The summed E-state index contributed by atoms with van der Waals surface area (Å²) in [4.78, 5) is 5.16. The molecule has 0 spiro atoms. The monoisotopic (exact) mass is 241 g/mol. The average Bonchev–Trinajstić information content (AvgIpc) is 2.28. The Kier molecular flexibility index (Phi) is 6.45. The van der Waals surface area contributed by atoms with E-state index < -0.39 is 0 Å². The smallest absolute Gasteiger partial charge is 0.0113 e. The molecule has 1 rings (SSSR count). The molecular formula is C14H31N3. The Balaban J connectivity index is 2.28. The highest BCUT2D eigenvalue weighted by atomic mass is 15.3. The summed E-state index contributed by atoms with van der Waals surface area (Å²) in [6.45, 7) is 16.1. The number of nitrogens with zero attached hydrogens (tertiary/aromatic N) is 2. The molecule has 1 atom stereocenters. The zero-order chi connectivity index (χ0) is 12.8. The molecule has 0 amide bonds. The van der Waals surface area contributed by atoms with Gasteiger partial charge in [-0.1, -0.05) is 13.8 Å². The van der Waals surface area contributed by atoms with Gasteiger partial charge in [-0.05, 0) is 38.6 Å². The lowest BCUT2D eigenvalue weighted by molar-refractivity contribution is 0.0947. The van der Waals surface area contributed by atoms with Gasteiger partial charge >= 0.3 is 0 Å². The molecule has 0 aromatic rings. The van der Waals surface area contributed by atoms with Gasteiger partial charge in [0.05, 0.1) is 0 Å². The van der Waals surface area contributed by atoms with E-state index in [2.05, 4.69) is 37.5 Å². The first-order chi connectivity index (χ1) is 8.02. The molecule has 102 valence electrons. The van der Waals surface area contributed by atoms with Crippen LogP contribution in [0.15, 0.2) is 0 Å². The maximum Gasteiger partial charge on any atom is 0.0113 e. The van der Waals surface area contributed by atoms with Crippen molar-refractivity contribution in [2.24, 2.45) is 17.6 Å². The van der Waals surface area contributed by atoms with Crippen LogP contribution in [0.1, 0.15) is 34.1 Å². The van der Waals surface area contributed by atoms with Gasteiger partial charge in [0.2, 0.25) is 0 Å². The Morgan fingerprint density at radius 3 is 2.00 bits per heavy atom. The van der Waals surface area contributed by atoms with E-state index in [1.165, 1.54) is 39.1 Å². The second kappa shape index (κ2) is 7.34. The van der Waals surface area contributed by atoms with Gasteiger partial charge < -0.3 is 10.6 Å². The minimum Gasteiger partial charge on any atom is -0.330 e. The van der Waals surface area contributed by atoms with Crippen LogP contribution >= 0.6 is 0 Å². The molecule has 1 unspecified atom stereocenters. The van der Waals surface area contributed by atoms with E-state index in [9.17, 15) is 0 Å². The molecule has 1 aliphatic rings. The predicted molar refractivity (Wildman–Crippen MR) is 75.1 cm³/mol. The summed E-state index contributed by atoms with van der Waals surface area (Å²) in [5.41, 5.74) is 5.88. The van der Waals surface area contributed by atoms with Gasteiger partial charge in [-0.25, -0.2) is 0 Å². The summed E-state index contributed by atoms with van der Waals surface area (Å²) in [5.74, 6) is 1.45. The van der Waals surface area contributed by atoms with Crippen molar-refractivity contribution in [2.45, 2.75) is 40.2 Å². The summed E-state index contributed by atoms with van der Waals surface area (Å²) >= 11 is 0. The van der Waals surface area contributed by atoms with Crippen LogP contribution in [0.2, 0.25) is 0 Å². The normalized spacial score (nSPS) is 21.4. The lowest BCUT2D eigenvalue weighted by atomic mass is 9.96. The minimum absolute atomic E-state index is 0.681. The van der Waals surface area contributed by atoms with Gasteiger partial charge in [0, 0.05) is 38.8 Å². The maximum absolute atomic E-state index is 5.88. The highest BCUT2D eigenvalue weighted by molar-refractivity contribution is 4.76. The van der Waals surface area contributed by atoms with Crippen molar-refractivity contribution < 1.29 is 0 Å². The number of piperazine rings is 1. The van der Waals surface area contributed by atoms with Crippen molar-refractivity contribution >= 4 is 0 Å². The van der Waals surface area contributed by atoms with Crippen molar-refractivity contribution in [3.63, 3.8) is 0 Å². The molecule has 1 aliphatic heterocycles. The van der Waals surface area contributed by atoms with E-state index in [-0.39, 0.29) is 0 Å². The second-order valence-electron chi connectivity index (χ2n) is 6.16. The number of hydrogen-bond acceptors (Lipinski definition) is 3. The summed E-state index contributed by atoms with van der Waals surface area (Å²) in [6.07, 6.45) is 1.26. The molecule has 3 heteroatoms. The molecule has 1 saturated heterocycles. The van der Waals surface area contributed by atoms with E-state index in [1.807, 2.05) is 0 Å². The van der Waals surface area contributed by atoms with Crippen molar-refractivity contribution in [2.75, 3.05) is 39.3 Å². The second-order valence-corrected chi connectivity index (χ2v) is 6.16. The van der Waals surface area contributed by atoms with E-state index in [0.29, 0.717) is 12.0 Å². The van der Waals surface area contributed by atoms with Crippen LogP contribution in [0.4, 0.5) is 0 Å². The molecule has 17 heavy (non-hydrogen) atoms. The molecule has 0 aromatic heterocycles. The van der Waals surface area contributed by atoms with Crippen LogP contribution in [0.25, 0.3) is 0 Å². The zero-order valence-electron chi connectivity index (χ0n) is 12.2.